The largest absolute Gasteiger partial charge is 0.480 e. The molecule has 0 aromatic rings. The van der Waals surface area contributed by atoms with Gasteiger partial charge in [0, 0.05) is 14.2 Å². The Morgan fingerprint density at radius 2 is 0.818 bits per heavy atom. The Bertz CT molecular complexity index is 253. The van der Waals surface area contributed by atoms with Crippen LogP contribution in [-0.2, 0) is 9.59 Å². The summed E-state index contributed by atoms with van der Waals surface area (Å²) in [5.41, 5.74) is -1.49. The van der Waals surface area contributed by atoms with E-state index in [-0.39, 0.29) is 12.8 Å². The SMILES string of the molecule is C1CCCCC1.CO.CO.O=C(O)C1(C(=O)O)CCCCC1. The maximum atomic E-state index is 10.7. The molecular weight excluding hydrogens is 288 g/mol. The molecule has 2 aliphatic rings. The van der Waals surface area contributed by atoms with Crippen molar-refractivity contribution >= 4 is 11.9 Å². The molecule has 0 aliphatic heterocycles. The van der Waals surface area contributed by atoms with E-state index in [0.717, 1.165) is 20.6 Å². The van der Waals surface area contributed by atoms with Crippen molar-refractivity contribution < 1.29 is 30.0 Å². The number of rotatable bonds is 2. The quantitative estimate of drug-likeness (QED) is 0.581. The summed E-state index contributed by atoms with van der Waals surface area (Å²) in [5.74, 6) is -2.37. The molecule has 2 rings (SSSR count). The number of aliphatic hydroxyl groups excluding tert-OH is 2. The van der Waals surface area contributed by atoms with Crippen molar-refractivity contribution in [1.82, 2.24) is 0 Å². The molecular formula is C16H32O6. The lowest BCUT2D eigenvalue weighted by atomic mass is 9.74. The predicted octanol–water partition coefficient (Wildman–Crippen LogP) is 2.66. The van der Waals surface area contributed by atoms with Crippen molar-refractivity contribution in [3.8, 4) is 0 Å². The summed E-state index contributed by atoms with van der Waals surface area (Å²) in [4.78, 5) is 21.5. The Morgan fingerprint density at radius 1 is 0.591 bits per heavy atom. The van der Waals surface area contributed by atoms with E-state index in [1.54, 1.807) is 0 Å². The van der Waals surface area contributed by atoms with Crippen LogP contribution in [0.2, 0.25) is 0 Å². The van der Waals surface area contributed by atoms with Crippen molar-refractivity contribution in [2.45, 2.75) is 70.6 Å². The van der Waals surface area contributed by atoms with E-state index in [2.05, 4.69) is 0 Å². The molecule has 0 heterocycles. The zero-order chi connectivity index (χ0) is 17.4. The van der Waals surface area contributed by atoms with Gasteiger partial charge < -0.3 is 20.4 Å². The molecule has 6 nitrogen and oxygen atoms in total. The Balaban J connectivity index is 0. The van der Waals surface area contributed by atoms with E-state index in [9.17, 15) is 9.59 Å². The first-order valence-corrected chi connectivity index (χ1v) is 7.96. The number of carboxylic acid groups (broad SMARTS) is 2. The van der Waals surface area contributed by atoms with Crippen molar-refractivity contribution in [1.29, 1.82) is 0 Å². The minimum absolute atomic E-state index is 0.275. The molecule has 2 saturated carbocycles. The van der Waals surface area contributed by atoms with E-state index < -0.39 is 17.4 Å². The molecule has 0 saturated heterocycles. The van der Waals surface area contributed by atoms with Gasteiger partial charge in [-0.15, -0.1) is 0 Å². The first kappa shape index (κ1) is 23.1. The number of aliphatic hydroxyl groups is 2. The summed E-state index contributed by atoms with van der Waals surface area (Å²) in [6, 6.07) is 0. The second-order valence-corrected chi connectivity index (χ2v) is 5.37. The van der Waals surface area contributed by atoms with Crippen LogP contribution in [0.1, 0.15) is 70.6 Å². The van der Waals surface area contributed by atoms with Crippen molar-refractivity contribution in [3.05, 3.63) is 0 Å². The zero-order valence-corrected chi connectivity index (χ0v) is 13.9. The minimum atomic E-state index is -1.49. The summed E-state index contributed by atoms with van der Waals surface area (Å²) in [6.45, 7) is 0. The normalized spacial score (nSPS) is 18.9. The second-order valence-electron chi connectivity index (χ2n) is 5.37. The maximum absolute atomic E-state index is 10.7. The molecule has 0 spiro atoms. The van der Waals surface area contributed by atoms with Gasteiger partial charge in [-0.1, -0.05) is 57.8 Å². The van der Waals surface area contributed by atoms with Gasteiger partial charge in [0.1, 0.15) is 0 Å². The molecule has 0 aromatic heterocycles. The van der Waals surface area contributed by atoms with Gasteiger partial charge in [-0.2, -0.15) is 0 Å². The highest BCUT2D eigenvalue weighted by Crippen LogP contribution is 2.36. The lowest BCUT2D eigenvalue weighted by Gasteiger charge is -2.28. The number of hydrogen-bond acceptors (Lipinski definition) is 4. The highest BCUT2D eigenvalue weighted by Gasteiger charge is 2.46. The molecule has 0 radical (unpaired) electrons. The van der Waals surface area contributed by atoms with Gasteiger partial charge in [0.15, 0.2) is 5.41 Å². The highest BCUT2D eigenvalue weighted by atomic mass is 16.4. The van der Waals surface area contributed by atoms with Crippen LogP contribution in [0.25, 0.3) is 0 Å². The molecule has 132 valence electrons. The Morgan fingerprint density at radius 3 is 1.00 bits per heavy atom. The van der Waals surface area contributed by atoms with E-state index in [0.29, 0.717) is 12.8 Å². The molecule has 22 heavy (non-hydrogen) atoms. The fraction of sp³-hybridized carbons (Fsp3) is 0.875. The maximum Gasteiger partial charge on any atom is 0.321 e. The number of hydrogen-bond donors (Lipinski definition) is 4. The van der Waals surface area contributed by atoms with Crippen molar-refractivity contribution in [2.24, 2.45) is 5.41 Å². The van der Waals surface area contributed by atoms with Gasteiger partial charge in [-0.25, -0.2) is 0 Å². The highest BCUT2D eigenvalue weighted by molar-refractivity contribution is 5.98. The smallest absolute Gasteiger partial charge is 0.321 e. The minimum Gasteiger partial charge on any atom is -0.480 e. The zero-order valence-electron chi connectivity index (χ0n) is 13.9. The van der Waals surface area contributed by atoms with Crippen LogP contribution in [0, 0.1) is 5.41 Å². The van der Waals surface area contributed by atoms with Gasteiger partial charge in [-0.05, 0) is 12.8 Å². The Labute approximate surface area is 133 Å². The van der Waals surface area contributed by atoms with Gasteiger partial charge >= 0.3 is 11.9 Å². The van der Waals surface area contributed by atoms with Gasteiger partial charge in [0.2, 0.25) is 0 Å². The third-order valence-electron chi connectivity index (χ3n) is 4.03. The van der Waals surface area contributed by atoms with Crippen molar-refractivity contribution in [2.75, 3.05) is 14.2 Å². The monoisotopic (exact) mass is 320 g/mol. The van der Waals surface area contributed by atoms with E-state index in [4.69, 9.17) is 20.4 Å². The van der Waals surface area contributed by atoms with Gasteiger partial charge in [0.25, 0.3) is 0 Å². The van der Waals surface area contributed by atoms with Crippen LogP contribution in [-0.4, -0.2) is 46.6 Å². The number of carbonyl (C=O) groups is 2. The lowest BCUT2D eigenvalue weighted by Crippen LogP contribution is -2.40. The van der Waals surface area contributed by atoms with Crippen LogP contribution in [0.4, 0.5) is 0 Å². The average Bonchev–Trinajstić information content (AvgIpc) is 2.61. The molecule has 2 fully saturated rings. The van der Waals surface area contributed by atoms with Crippen LogP contribution < -0.4 is 0 Å². The first-order valence-electron chi connectivity index (χ1n) is 7.96. The molecule has 0 unspecified atom stereocenters. The summed E-state index contributed by atoms with van der Waals surface area (Å²) < 4.78 is 0. The second kappa shape index (κ2) is 14.8. The summed E-state index contributed by atoms with van der Waals surface area (Å²) in [7, 11) is 2.00. The number of carboxylic acids is 2. The van der Waals surface area contributed by atoms with Gasteiger partial charge in [-0.3, -0.25) is 9.59 Å². The molecule has 0 bridgehead atoms. The topological polar surface area (TPSA) is 115 Å². The van der Waals surface area contributed by atoms with E-state index >= 15 is 0 Å². The molecule has 0 amide bonds. The molecule has 2 aliphatic carbocycles. The predicted molar refractivity (Wildman–Crippen MR) is 84.8 cm³/mol. The summed E-state index contributed by atoms with van der Waals surface area (Å²) in [5, 5.41) is 31.6. The third-order valence-corrected chi connectivity index (χ3v) is 4.03. The van der Waals surface area contributed by atoms with Gasteiger partial charge in [0.05, 0.1) is 0 Å². The van der Waals surface area contributed by atoms with Crippen LogP contribution >= 0.6 is 0 Å². The first-order chi connectivity index (χ1) is 10.6. The fourth-order valence-electron chi connectivity index (χ4n) is 2.74. The standard InChI is InChI=1S/C8H12O4.C6H12.2CH4O/c9-6(10)8(7(11)12)4-2-1-3-5-8;1-2-4-6-5-3-1;2*1-2/h1-5H2,(H,9,10)(H,11,12);1-6H2;2*2H,1H3. The summed E-state index contributed by atoms with van der Waals surface area (Å²) >= 11 is 0. The summed E-state index contributed by atoms with van der Waals surface area (Å²) in [6.07, 6.45) is 11.9. The Hall–Kier alpha value is -1.14. The molecule has 4 N–H and O–H groups in total. The number of aliphatic carboxylic acids is 2. The fourth-order valence-corrected chi connectivity index (χ4v) is 2.74. The average molecular weight is 320 g/mol. The van der Waals surface area contributed by atoms with Crippen molar-refractivity contribution in [3.63, 3.8) is 0 Å². The van der Waals surface area contributed by atoms with E-state index in [1.807, 2.05) is 0 Å². The van der Waals surface area contributed by atoms with Crippen LogP contribution in [0.5, 0.6) is 0 Å². The molecule has 0 aromatic carbocycles. The van der Waals surface area contributed by atoms with E-state index in [1.165, 1.54) is 38.5 Å². The lowest BCUT2D eigenvalue weighted by molar-refractivity contribution is -0.167. The Kier molecular flexibility index (Phi) is 15.5. The van der Waals surface area contributed by atoms with Crippen LogP contribution in [0.3, 0.4) is 0 Å². The molecule has 6 heteroatoms. The molecule has 0 atom stereocenters. The van der Waals surface area contributed by atoms with Crippen LogP contribution in [0.15, 0.2) is 0 Å². The third kappa shape index (κ3) is 8.34.